The number of benzene rings is 2. The molecule has 4 rings (SSSR count). The van der Waals surface area contributed by atoms with Crippen LogP contribution in [0.1, 0.15) is 0 Å². The molecule has 0 spiro atoms. The highest BCUT2D eigenvalue weighted by Crippen LogP contribution is 2.24. The zero-order chi connectivity index (χ0) is 16.5. The first-order valence-electron chi connectivity index (χ1n) is 7.47. The van der Waals surface area contributed by atoms with Crippen molar-refractivity contribution in [2.24, 2.45) is 0 Å². The van der Waals surface area contributed by atoms with Gasteiger partial charge in [-0.3, -0.25) is 9.36 Å². The monoisotopic (exact) mass is 340 g/mol. The molecular weight excluding hydrogens is 328 g/mol. The molecule has 5 nitrogen and oxygen atoms in total. The zero-order valence-electron chi connectivity index (χ0n) is 12.6. The van der Waals surface area contributed by atoms with Crippen molar-refractivity contribution in [2.75, 3.05) is 6.61 Å². The minimum Gasteiger partial charge on any atom is -0.492 e. The van der Waals surface area contributed by atoms with Gasteiger partial charge in [-0.25, -0.2) is 4.98 Å². The van der Waals surface area contributed by atoms with Gasteiger partial charge in [0, 0.05) is 10.4 Å². The second-order valence-electron chi connectivity index (χ2n) is 5.32. The highest BCUT2D eigenvalue weighted by atomic mass is 35.5. The lowest BCUT2D eigenvalue weighted by atomic mass is 10.2. The molecule has 2 aromatic heterocycles. The van der Waals surface area contributed by atoms with Gasteiger partial charge in [0.15, 0.2) is 0 Å². The van der Waals surface area contributed by atoms with Gasteiger partial charge in [-0.05, 0) is 36.4 Å². The van der Waals surface area contributed by atoms with Crippen LogP contribution in [0.4, 0.5) is 0 Å². The molecule has 0 unspecified atom stereocenters. The Labute approximate surface area is 142 Å². The summed E-state index contributed by atoms with van der Waals surface area (Å²) in [6.45, 7) is 0.719. The van der Waals surface area contributed by atoms with Gasteiger partial charge in [-0.1, -0.05) is 23.7 Å². The SMILES string of the molecule is O=c1c2oc3ccccc3c2ncn1CCOc1ccc(Cl)cc1. The van der Waals surface area contributed by atoms with E-state index < -0.39 is 0 Å². The minimum atomic E-state index is -0.212. The van der Waals surface area contributed by atoms with Crippen molar-refractivity contribution in [3.05, 3.63) is 70.2 Å². The summed E-state index contributed by atoms with van der Waals surface area (Å²) in [7, 11) is 0. The Bertz CT molecular complexity index is 1070. The van der Waals surface area contributed by atoms with Crippen LogP contribution >= 0.6 is 11.6 Å². The Morgan fingerprint density at radius 1 is 1.12 bits per heavy atom. The van der Waals surface area contributed by atoms with E-state index in [1.54, 1.807) is 24.3 Å². The van der Waals surface area contributed by atoms with E-state index in [9.17, 15) is 4.79 Å². The fourth-order valence-corrected chi connectivity index (χ4v) is 2.69. The Balaban J connectivity index is 1.58. The molecule has 2 aromatic carbocycles. The molecule has 0 N–H and O–H groups in total. The van der Waals surface area contributed by atoms with Crippen LogP contribution in [0.5, 0.6) is 5.75 Å². The highest BCUT2D eigenvalue weighted by Gasteiger charge is 2.12. The van der Waals surface area contributed by atoms with Crippen LogP contribution in [0.15, 0.2) is 64.1 Å². The Hall–Kier alpha value is -2.79. The predicted molar refractivity (Wildman–Crippen MR) is 92.7 cm³/mol. The van der Waals surface area contributed by atoms with Crippen LogP contribution < -0.4 is 10.3 Å². The molecule has 4 aromatic rings. The van der Waals surface area contributed by atoms with Crippen molar-refractivity contribution in [2.45, 2.75) is 6.54 Å². The maximum absolute atomic E-state index is 12.5. The molecule has 24 heavy (non-hydrogen) atoms. The Morgan fingerprint density at radius 2 is 1.92 bits per heavy atom. The van der Waals surface area contributed by atoms with Crippen LogP contribution in [-0.2, 0) is 6.54 Å². The number of rotatable bonds is 4. The van der Waals surface area contributed by atoms with Crippen molar-refractivity contribution >= 4 is 33.7 Å². The molecule has 0 saturated heterocycles. The van der Waals surface area contributed by atoms with E-state index in [0.717, 1.165) is 5.39 Å². The number of para-hydroxylation sites is 1. The molecule has 0 fully saturated rings. The number of furan rings is 1. The average Bonchev–Trinajstić information content (AvgIpc) is 2.98. The lowest BCUT2D eigenvalue weighted by Gasteiger charge is -2.07. The van der Waals surface area contributed by atoms with Crippen molar-refractivity contribution in [1.29, 1.82) is 0 Å². The van der Waals surface area contributed by atoms with Crippen molar-refractivity contribution in [3.63, 3.8) is 0 Å². The van der Waals surface area contributed by atoms with E-state index in [1.807, 2.05) is 24.3 Å². The Morgan fingerprint density at radius 3 is 2.75 bits per heavy atom. The molecule has 6 heteroatoms. The molecule has 0 atom stereocenters. The Kier molecular flexibility index (Phi) is 3.70. The molecule has 0 aliphatic carbocycles. The summed E-state index contributed by atoms with van der Waals surface area (Å²) < 4.78 is 12.8. The van der Waals surface area contributed by atoms with Crippen molar-refractivity contribution in [1.82, 2.24) is 9.55 Å². The summed E-state index contributed by atoms with van der Waals surface area (Å²) in [6, 6.07) is 14.5. The second-order valence-corrected chi connectivity index (χ2v) is 5.76. The topological polar surface area (TPSA) is 57.3 Å². The normalized spacial score (nSPS) is 11.2. The van der Waals surface area contributed by atoms with Gasteiger partial charge < -0.3 is 9.15 Å². The number of halogens is 1. The molecule has 0 radical (unpaired) electrons. The van der Waals surface area contributed by atoms with Gasteiger partial charge in [-0.15, -0.1) is 0 Å². The number of hydrogen-bond acceptors (Lipinski definition) is 4. The highest BCUT2D eigenvalue weighted by molar-refractivity contribution is 6.30. The van der Waals surface area contributed by atoms with Crippen LogP contribution in [-0.4, -0.2) is 16.2 Å². The van der Waals surface area contributed by atoms with E-state index in [0.29, 0.717) is 35.0 Å². The van der Waals surface area contributed by atoms with Crippen LogP contribution in [0.3, 0.4) is 0 Å². The van der Waals surface area contributed by atoms with Gasteiger partial charge in [0.05, 0.1) is 12.9 Å². The smallest absolute Gasteiger partial charge is 0.297 e. The molecule has 0 bridgehead atoms. The fourth-order valence-electron chi connectivity index (χ4n) is 2.57. The van der Waals surface area contributed by atoms with Gasteiger partial charge in [-0.2, -0.15) is 0 Å². The van der Waals surface area contributed by atoms with Gasteiger partial charge >= 0.3 is 0 Å². The lowest BCUT2D eigenvalue weighted by molar-refractivity contribution is 0.295. The molecule has 0 saturated carbocycles. The number of aromatic nitrogens is 2. The molecule has 0 aliphatic rings. The van der Waals surface area contributed by atoms with Crippen molar-refractivity contribution in [3.8, 4) is 5.75 Å². The molecule has 0 amide bonds. The van der Waals surface area contributed by atoms with Crippen LogP contribution in [0.2, 0.25) is 5.02 Å². The zero-order valence-corrected chi connectivity index (χ0v) is 13.4. The van der Waals surface area contributed by atoms with E-state index in [1.165, 1.54) is 10.9 Å². The van der Waals surface area contributed by atoms with Crippen LogP contribution in [0, 0.1) is 0 Å². The maximum atomic E-state index is 12.5. The van der Waals surface area contributed by atoms with Gasteiger partial charge in [0.2, 0.25) is 5.58 Å². The van der Waals surface area contributed by atoms with Gasteiger partial charge in [0.25, 0.3) is 5.56 Å². The largest absolute Gasteiger partial charge is 0.492 e. The van der Waals surface area contributed by atoms with E-state index in [4.69, 9.17) is 20.8 Å². The lowest BCUT2D eigenvalue weighted by Crippen LogP contribution is -2.23. The number of fused-ring (bicyclic) bond motifs is 3. The maximum Gasteiger partial charge on any atom is 0.297 e. The van der Waals surface area contributed by atoms with E-state index >= 15 is 0 Å². The van der Waals surface area contributed by atoms with Gasteiger partial charge in [0.1, 0.15) is 23.5 Å². The molecular formula is C18H13ClN2O3. The summed E-state index contributed by atoms with van der Waals surface area (Å²) >= 11 is 5.83. The van der Waals surface area contributed by atoms with Crippen LogP contribution in [0.25, 0.3) is 22.1 Å². The summed E-state index contributed by atoms with van der Waals surface area (Å²) in [5, 5.41) is 1.49. The predicted octanol–water partition coefficient (Wildman–Crippen LogP) is 3.88. The third kappa shape index (κ3) is 2.63. The molecule has 120 valence electrons. The van der Waals surface area contributed by atoms with Crippen molar-refractivity contribution < 1.29 is 9.15 Å². The molecule has 2 heterocycles. The average molecular weight is 341 g/mol. The summed E-state index contributed by atoms with van der Waals surface area (Å²) in [4.78, 5) is 16.9. The fraction of sp³-hybridized carbons (Fsp3) is 0.111. The number of ether oxygens (including phenoxy) is 1. The summed E-state index contributed by atoms with van der Waals surface area (Å²) in [5.74, 6) is 0.699. The molecule has 0 aliphatic heterocycles. The first-order valence-corrected chi connectivity index (χ1v) is 7.85. The minimum absolute atomic E-state index is 0.212. The third-order valence-corrected chi connectivity index (χ3v) is 4.02. The first kappa shape index (κ1) is 14.8. The quantitative estimate of drug-likeness (QED) is 0.566. The van der Waals surface area contributed by atoms with E-state index in [-0.39, 0.29) is 11.1 Å². The summed E-state index contributed by atoms with van der Waals surface area (Å²) in [6.07, 6.45) is 1.53. The number of nitrogens with zero attached hydrogens (tertiary/aromatic N) is 2. The second kappa shape index (κ2) is 6.02. The van der Waals surface area contributed by atoms with E-state index in [2.05, 4.69) is 4.98 Å². The first-order chi connectivity index (χ1) is 11.7. The summed E-state index contributed by atoms with van der Waals surface area (Å²) in [5.41, 5.74) is 1.30. The number of hydrogen-bond donors (Lipinski definition) is 0. The standard InChI is InChI=1S/C18H13ClN2O3/c19-12-5-7-13(8-6-12)23-10-9-21-11-20-16-14-3-1-2-4-15(14)24-17(16)18(21)22/h1-8,11H,9-10H2. The third-order valence-electron chi connectivity index (χ3n) is 3.77.